The second-order valence-corrected chi connectivity index (χ2v) is 7.72. The van der Waals surface area contributed by atoms with E-state index in [-0.39, 0.29) is 35.3 Å². The second kappa shape index (κ2) is 5.57. The summed E-state index contributed by atoms with van der Waals surface area (Å²) in [7, 11) is -2.96. The molecule has 1 aliphatic carbocycles. The standard InChI is InChI=1S/C12H22N2O3S/c13-7-9-3-1-5-11(9)12(15)14-10-4-2-6-18(16,17)8-10/h9-11H,1-8,13H2,(H,14,15). The first-order valence-electron chi connectivity index (χ1n) is 6.72. The summed E-state index contributed by atoms with van der Waals surface area (Å²) in [6.07, 6.45) is 4.36. The highest BCUT2D eigenvalue weighted by molar-refractivity contribution is 7.91. The van der Waals surface area contributed by atoms with Crippen molar-refractivity contribution in [1.29, 1.82) is 0 Å². The molecule has 0 aromatic rings. The second-order valence-electron chi connectivity index (χ2n) is 5.50. The Hall–Kier alpha value is -0.620. The molecule has 3 unspecified atom stereocenters. The first-order chi connectivity index (χ1) is 8.52. The summed E-state index contributed by atoms with van der Waals surface area (Å²) < 4.78 is 23.0. The van der Waals surface area contributed by atoms with Crippen LogP contribution < -0.4 is 11.1 Å². The third-order valence-corrected chi connectivity index (χ3v) is 5.93. The third-order valence-electron chi connectivity index (χ3n) is 4.11. The van der Waals surface area contributed by atoms with E-state index in [1.807, 2.05) is 0 Å². The van der Waals surface area contributed by atoms with Crippen LogP contribution in [0.3, 0.4) is 0 Å². The molecule has 5 nitrogen and oxygen atoms in total. The summed E-state index contributed by atoms with van der Waals surface area (Å²) in [6.45, 7) is 0.543. The molecular weight excluding hydrogens is 252 g/mol. The van der Waals surface area contributed by atoms with Crippen LogP contribution in [0.1, 0.15) is 32.1 Å². The Bertz CT molecular complexity index is 408. The van der Waals surface area contributed by atoms with E-state index in [1.54, 1.807) is 0 Å². The van der Waals surface area contributed by atoms with E-state index in [1.165, 1.54) is 0 Å². The van der Waals surface area contributed by atoms with E-state index in [0.29, 0.717) is 13.0 Å². The van der Waals surface area contributed by atoms with Gasteiger partial charge < -0.3 is 11.1 Å². The van der Waals surface area contributed by atoms with Crippen molar-refractivity contribution in [3.05, 3.63) is 0 Å². The van der Waals surface area contributed by atoms with Crippen LogP contribution in [0, 0.1) is 11.8 Å². The first kappa shape index (κ1) is 13.8. The smallest absolute Gasteiger partial charge is 0.223 e. The zero-order chi connectivity index (χ0) is 13.2. The van der Waals surface area contributed by atoms with Crippen LogP contribution in [-0.2, 0) is 14.6 Å². The number of carbonyl (C=O) groups excluding carboxylic acids is 1. The highest BCUT2D eigenvalue weighted by Crippen LogP contribution is 2.31. The highest BCUT2D eigenvalue weighted by atomic mass is 32.2. The molecule has 1 saturated heterocycles. The van der Waals surface area contributed by atoms with Crippen molar-refractivity contribution in [3.63, 3.8) is 0 Å². The van der Waals surface area contributed by atoms with Crippen LogP contribution in [0.15, 0.2) is 0 Å². The molecule has 3 N–H and O–H groups in total. The largest absolute Gasteiger partial charge is 0.352 e. The van der Waals surface area contributed by atoms with E-state index < -0.39 is 9.84 Å². The Morgan fingerprint density at radius 2 is 2.00 bits per heavy atom. The normalized spacial score (nSPS) is 35.3. The molecular formula is C12H22N2O3S. The first-order valence-corrected chi connectivity index (χ1v) is 8.55. The Morgan fingerprint density at radius 3 is 2.67 bits per heavy atom. The summed E-state index contributed by atoms with van der Waals surface area (Å²) in [6, 6.07) is -0.199. The molecule has 1 aliphatic heterocycles. The highest BCUT2D eigenvalue weighted by Gasteiger charge is 2.34. The molecule has 0 spiro atoms. The van der Waals surface area contributed by atoms with Gasteiger partial charge in [-0.2, -0.15) is 0 Å². The van der Waals surface area contributed by atoms with E-state index in [9.17, 15) is 13.2 Å². The number of hydrogen-bond acceptors (Lipinski definition) is 4. The van der Waals surface area contributed by atoms with Gasteiger partial charge in [0.25, 0.3) is 0 Å². The van der Waals surface area contributed by atoms with Crippen molar-refractivity contribution in [2.24, 2.45) is 17.6 Å². The van der Waals surface area contributed by atoms with E-state index >= 15 is 0 Å². The van der Waals surface area contributed by atoms with Crippen LogP contribution >= 0.6 is 0 Å². The SMILES string of the molecule is NCC1CCCC1C(=O)NC1CCCS(=O)(=O)C1. The van der Waals surface area contributed by atoms with Crippen molar-refractivity contribution in [3.8, 4) is 0 Å². The number of nitrogens with two attached hydrogens (primary N) is 1. The molecule has 1 amide bonds. The van der Waals surface area contributed by atoms with Gasteiger partial charge in [-0.05, 0) is 38.1 Å². The van der Waals surface area contributed by atoms with Gasteiger partial charge >= 0.3 is 0 Å². The summed E-state index contributed by atoms with van der Waals surface area (Å²) in [4.78, 5) is 12.1. The Kier molecular flexibility index (Phi) is 4.27. The predicted molar refractivity (Wildman–Crippen MR) is 69.7 cm³/mol. The molecule has 6 heteroatoms. The number of hydrogen-bond donors (Lipinski definition) is 2. The molecule has 18 heavy (non-hydrogen) atoms. The van der Waals surface area contributed by atoms with Gasteiger partial charge in [0.2, 0.25) is 5.91 Å². The van der Waals surface area contributed by atoms with Gasteiger partial charge in [-0.25, -0.2) is 8.42 Å². The van der Waals surface area contributed by atoms with Crippen LogP contribution in [0.4, 0.5) is 0 Å². The van der Waals surface area contributed by atoms with Crippen LogP contribution in [0.5, 0.6) is 0 Å². The summed E-state index contributed by atoms with van der Waals surface area (Å²) in [5, 5.41) is 2.91. The number of carbonyl (C=O) groups is 1. The van der Waals surface area contributed by atoms with E-state index in [4.69, 9.17) is 5.73 Å². The molecule has 2 rings (SSSR count). The zero-order valence-corrected chi connectivity index (χ0v) is 11.4. The Morgan fingerprint density at radius 1 is 1.22 bits per heavy atom. The fourth-order valence-electron chi connectivity index (χ4n) is 3.11. The quantitative estimate of drug-likeness (QED) is 0.761. The fourth-order valence-corrected chi connectivity index (χ4v) is 4.75. The van der Waals surface area contributed by atoms with Crippen molar-refractivity contribution >= 4 is 15.7 Å². The van der Waals surface area contributed by atoms with Gasteiger partial charge in [-0.1, -0.05) is 6.42 Å². The van der Waals surface area contributed by atoms with Gasteiger partial charge in [0.05, 0.1) is 11.5 Å². The fraction of sp³-hybridized carbons (Fsp3) is 0.917. The third kappa shape index (κ3) is 3.23. The van der Waals surface area contributed by atoms with E-state index in [2.05, 4.69) is 5.32 Å². The minimum absolute atomic E-state index is 0.00468. The Labute approximate surface area is 108 Å². The van der Waals surface area contributed by atoms with Crippen LogP contribution in [-0.4, -0.2) is 38.4 Å². The lowest BCUT2D eigenvalue weighted by atomic mass is 9.95. The van der Waals surface area contributed by atoms with Gasteiger partial charge in [0.1, 0.15) is 0 Å². The lowest BCUT2D eigenvalue weighted by Gasteiger charge is -2.26. The molecule has 0 aromatic heterocycles. The maximum Gasteiger partial charge on any atom is 0.223 e. The molecule has 1 heterocycles. The molecule has 0 bridgehead atoms. The van der Waals surface area contributed by atoms with E-state index in [0.717, 1.165) is 25.7 Å². The van der Waals surface area contributed by atoms with Gasteiger partial charge in [0.15, 0.2) is 9.84 Å². The summed E-state index contributed by atoms with van der Waals surface area (Å²) in [5.74, 6) is 0.613. The van der Waals surface area contributed by atoms with Gasteiger partial charge in [-0.3, -0.25) is 4.79 Å². The van der Waals surface area contributed by atoms with Crippen LogP contribution in [0.25, 0.3) is 0 Å². The molecule has 0 aromatic carbocycles. The predicted octanol–water partition coefficient (Wildman–Crippen LogP) is 0.0548. The zero-order valence-electron chi connectivity index (χ0n) is 10.6. The molecule has 104 valence electrons. The maximum atomic E-state index is 12.1. The minimum atomic E-state index is -2.96. The summed E-state index contributed by atoms with van der Waals surface area (Å²) in [5.41, 5.74) is 5.66. The van der Waals surface area contributed by atoms with Crippen LogP contribution in [0.2, 0.25) is 0 Å². The lowest BCUT2D eigenvalue weighted by Crippen LogP contribution is -2.46. The van der Waals surface area contributed by atoms with Gasteiger partial charge in [0, 0.05) is 12.0 Å². The van der Waals surface area contributed by atoms with Crippen molar-refractivity contribution in [2.75, 3.05) is 18.1 Å². The average Bonchev–Trinajstić information content (AvgIpc) is 2.75. The molecule has 2 fully saturated rings. The monoisotopic (exact) mass is 274 g/mol. The van der Waals surface area contributed by atoms with Crippen molar-refractivity contribution in [1.82, 2.24) is 5.32 Å². The number of amides is 1. The number of nitrogens with one attached hydrogen (secondary N) is 1. The molecule has 3 atom stereocenters. The average molecular weight is 274 g/mol. The topological polar surface area (TPSA) is 89.3 Å². The number of rotatable bonds is 3. The maximum absolute atomic E-state index is 12.1. The Balaban J connectivity index is 1.91. The molecule has 2 aliphatic rings. The number of sulfone groups is 1. The minimum Gasteiger partial charge on any atom is -0.352 e. The molecule has 0 radical (unpaired) electrons. The molecule has 1 saturated carbocycles. The summed E-state index contributed by atoms with van der Waals surface area (Å²) >= 11 is 0. The van der Waals surface area contributed by atoms with Crippen molar-refractivity contribution < 1.29 is 13.2 Å². The van der Waals surface area contributed by atoms with Gasteiger partial charge in [-0.15, -0.1) is 0 Å². The van der Waals surface area contributed by atoms with Crippen molar-refractivity contribution in [2.45, 2.75) is 38.1 Å². The lowest BCUT2D eigenvalue weighted by molar-refractivity contribution is -0.126.